The monoisotopic (exact) mass is 395 g/mol. The van der Waals surface area contributed by atoms with Crippen LogP contribution in [0.25, 0.3) is 21.8 Å². The number of fused-ring (bicyclic) bond motifs is 2. The first-order valence-corrected chi connectivity index (χ1v) is 9.99. The second kappa shape index (κ2) is 7.58. The highest BCUT2D eigenvalue weighted by Crippen LogP contribution is 2.28. The molecule has 7 nitrogen and oxygen atoms in total. The lowest BCUT2D eigenvalue weighted by molar-refractivity contribution is 0.244. The van der Waals surface area contributed by atoms with Gasteiger partial charge < -0.3 is 10.6 Å². The quantitative estimate of drug-likeness (QED) is 0.570. The molecular formula is C23H21N7. The molecule has 7 heteroatoms. The summed E-state index contributed by atoms with van der Waals surface area (Å²) in [6, 6.07) is 19.9. The van der Waals surface area contributed by atoms with Crippen LogP contribution in [0, 0.1) is 11.3 Å². The van der Waals surface area contributed by atoms with E-state index in [-0.39, 0.29) is 0 Å². The Bertz CT molecular complexity index is 1270. The van der Waals surface area contributed by atoms with Gasteiger partial charge in [-0.2, -0.15) is 5.26 Å². The third-order valence-corrected chi connectivity index (χ3v) is 5.57. The van der Waals surface area contributed by atoms with Crippen molar-refractivity contribution < 1.29 is 0 Å². The molecule has 148 valence electrons. The van der Waals surface area contributed by atoms with Crippen LogP contribution in [0.4, 0.5) is 11.5 Å². The lowest BCUT2D eigenvalue weighted by Gasteiger charge is -2.36. The van der Waals surface area contributed by atoms with Crippen LogP contribution >= 0.6 is 0 Å². The highest BCUT2D eigenvalue weighted by molar-refractivity contribution is 5.92. The van der Waals surface area contributed by atoms with Crippen molar-refractivity contribution in [2.75, 3.05) is 36.8 Å². The van der Waals surface area contributed by atoms with Crippen molar-refractivity contribution in [1.29, 1.82) is 5.26 Å². The number of nitrogens with zero attached hydrogens (tertiary/aromatic N) is 6. The van der Waals surface area contributed by atoms with Crippen molar-refractivity contribution in [3.8, 4) is 6.07 Å². The predicted octanol–water partition coefficient (Wildman–Crippen LogP) is 2.95. The molecule has 3 heterocycles. The molecule has 5 rings (SSSR count). The molecule has 0 spiro atoms. The van der Waals surface area contributed by atoms with Crippen molar-refractivity contribution in [3.05, 3.63) is 66.1 Å². The van der Waals surface area contributed by atoms with E-state index < -0.39 is 0 Å². The summed E-state index contributed by atoms with van der Waals surface area (Å²) < 4.78 is 0. The lowest BCUT2D eigenvalue weighted by Crippen LogP contribution is -2.46. The van der Waals surface area contributed by atoms with Crippen molar-refractivity contribution in [2.24, 2.45) is 0 Å². The van der Waals surface area contributed by atoms with Gasteiger partial charge in [0.2, 0.25) is 0 Å². The first-order valence-electron chi connectivity index (χ1n) is 9.99. The number of benzene rings is 2. The number of hydrogen-bond donors (Lipinski definition) is 1. The number of nitrogens with two attached hydrogens (primary N) is 1. The molecule has 0 aliphatic carbocycles. The van der Waals surface area contributed by atoms with Crippen molar-refractivity contribution in [3.63, 3.8) is 0 Å². The fourth-order valence-corrected chi connectivity index (χ4v) is 4.04. The number of piperazine rings is 1. The summed E-state index contributed by atoms with van der Waals surface area (Å²) in [4.78, 5) is 18.3. The van der Waals surface area contributed by atoms with Crippen LogP contribution in [0.15, 0.2) is 54.6 Å². The van der Waals surface area contributed by atoms with Crippen LogP contribution in [-0.2, 0) is 6.54 Å². The first kappa shape index (κ1) is 18.3. The summed E-state index contributed by atoms with van der Waals surface area (Å²) in [7, 11) is 0. The van der Waals surface area contributed by atoms with Gasteiger partial charge in [0.25, 0.3) is 0 Å². The molecule has 0 amide bonds. The van der Waals surface area contributed by atoms with Crippen LogP contribution < -0.4 is 10.6 Å². The Balaban J connectivity index is 1.34. The fraction of sp³-hybridized carbons (Fsp3) is 0.217. The molecule has 2 N–H and O–H groups in total. The molecule has 1 aliphatic rings. The van der Waals surface area contributed by atoms with E-state index in [1.807, 2.05) is 48.5 Å². The van der Waals surface area contributed by atoms with Gasteiger partial charge in [-0.25, -0.2) is 15.0 Å². The van der Waals surface area contributed by atoms with E-state index in [0.717, 1.165) is 59.5 Å². The minimum absolute atomic E-state index is 0.450. The summed E-state index contributed by atoms with van der Waals surface area (Å²) in [5.41, 5.74) is 9.39. The Hall–Kier alpha value is -3.76. The third-order valence-electron chi connectivity index (χ3n) is 5.57. The fourth-order valence-electron chi connectivity index (χ4n) is 4.04. The van der Waals surface area contributed by atoms with Gasteiger partial charge in [-0.05, 0) is 24.3 Å². The second-order valence-electron chi connectivity index (χ2n) is 7.46. The number of nitrogen functional groups attached to an aromatic ring is 1. The molecule has 2 aromatic heterocycles. The molecular weight excluding hydrogens is 374 g/mol. The van der Waals surface area contributed by atoms with Gasteiger partial charge in [0.05, 0.1) is 17.6 Å². The Morgan fingerprint density at radius 2 is 1.53 bits per heavy atom. The normalized spacial score (nSPS) is 14.8. The van der Waals surface area contributed by atoms with Gasteiger partial charge in [0.15, 0.2) is 0 Å². The number of para-hydroxylation sites is 2. The Morgan fingerprint density at radius 1 is 0.867 bits per heavy atom. The van der Waals surface area contributed by atoms with Gasteiger partial charge in [-0.1, -0.05) is 30.3 Å². The van der Waals surface area contributed by atoms with Crippen molar-refractivity contribution in [2.45, 2.75) is 6.54 Å². The first-order chi connectivity index (χ1) is 14.7. The Morgan fingerprint density at radius 3 is 2.27 bits per heavy atom. The molecule has 0 saturated carbocycles. The Kier molecular flexibility index (Phi) is 4.62. The van der Waals surface area contributed by atoms with Crippen LogP contribution in [0.3, 0.4) is 0 Å². The van der Waals surface area contributed by atoms with Crippen LogP contribution in [0.5, 0.6) is 0 Å². The molecule has 1 saturated heterocycles. The van der Waals surface area contributed by atoms with E-state index in [0.29, 0.717) is 18.1 Å². The molecule has 0 atom stereocenters. The van der Waals surface area contributed by atoms with Crippen LogP contribution in [0.1, 0.15) is 11.5 Å². The van der Waals surface area contributed by atoms with Crippen LogP contribution in [0.2, 0.25) is 0 Å². The third kappa shape index (κ3) is 3.38. The zero-order chi connectivity index (χ0) is 20.5. The summed E-state index contributed by atoms with van der Waals surface area (Å²) in [5, 5.41) is 11.3. The smallest absolute Gasteiger partial charge is 0.145 e. The molecule has 0 unspecified atom stereocenters. The second-order valence-corrected chi connectivity index (χ2v) is 7.46. The molecule has 30 heavy (non-hydrogen) atoms. The number of anilines is 2. The standard InChI is InChI=1S/C23H21N7/c24-14-16-13-21(17-5-1-3-7-19(17)26-16)30-11-9-29(10-12-30)15-22-27-20-8-4-2-6-18(20)23(25)28-22/h1-8,13H,9-12,15H2,(H2,25,27,28). The van der Waals surface area contributed by atoms with Gasteiger partial charge >= 0.3 is 0 Å². The molecule has 1 fully saturated rings. The van der Waals surface area contributed by atoms with Crippen molar-refractivity contribution in [1.82, 2.24) is 19.9 Å². The maximum Gasteiger partial charge on any atom is 0.145 e. The van der Waals surface area contributed by atoms with Gasteiger partial charge in [-0.3, -0.25) is 4.90 Å². The highest BCUT2D eigenvalue weighted by atomic mass is 15.3. The van der Waals surface area contributed by atoms with Gasteiger partial charge in [-0.15, -0.1) is 0 Å². The van der Waals surface area contributed by atoms with Gasteiger partial charge in [0, 0.05) is 42.6 Å². The average molecular weight is 395 g/mol. The number of pyridine rings is 1. The van der Waals surface area contributed by atoms with E-state index >= 15 is 0 Å². The predicted molar refractivity (Wildman–Crippen MR) is 118 cm³/mol. The Labute approximate surface area is 174 Å². The van der Waals surface area contributed by atoms with Crippen molar-refractivity contribution >= 4 is 33.3 Å². The summed E-state index contributed by atoms with van der Waals surface area (Å²) in [6.45, 7) is 4.16. The maximum absolute atomic E-state index is 9.36. The number of aromatic nitrogens is 3. The van der Waals surface area contributed by atoms with E-state index in [1.165, 1.54) is 0 Å². The molecule has 1 aliphatic heterocycles. The summed E-state index contributed by atoms with van der Waals surface area (Å²) in [5.74, 6) is 1.28. The number of nitriles is 1. The SMILES string of the molecule is N#Cc1cc(N2CCN(Cc3nc(N)c4ccccc4n3)CC2)c2ccccc2n1. The molecule has 2 aromatic carbocycles. The molecule has 4 aromatic rings. The number of rotatable bonds is 3. The zero-order valence-electron chi connectivity index (χ0n) is 16.5. The summed E-state index contributed by atoms with van der Waals surface area (Å²) in [6.07, 6.45) is 0. The number of hydrogen-bond acceptors (Lipinski definition) is 7. The molecule has 0 radical (unpaired) electrons. The summed E-state index contributed by atoms with van der Waals surface area (Å²) >= 11 is 0. The average Bonchev–Trinajstić information content (AvgIpc) is 2.79. The maximum atomic E-state index is 9.36. The lowest BCUT2D eigenvalue weighted by atomic mass is 10.1. The zero-order valence-corrected chi connectivity index (χ0v) is 16.5. The van der Waals surface area contributed by atoms with E-state index in [9.17, 15) is 5.26 Å². The van der Waals surface area contributed by atoms with Gasteiger partial charge in [0.1, 0.15) is 23.4 Å². The van der Waals surface area contributed by atoms with E-state index in [1.54, 1.807) is 0 Å². The minimum atomic E-state index is 0.450. The largest absolute Gasteiger partial charge is 0.383 e. The van der Waals surface area contributed by atoms with E-state index in [4.69, 9.17) is 5.73 Å². The van der Waals surface area contributed by atoms with Crippen LogP contribution in [-0.4, -0.2) is 46.0 Å². The molecule has 0 bridgehead atoms. The van der Waals surface area contributed by atoms with E-state index in [2.05, 4.69) is 36.9 Å². The topological polar surface area (TPSA) is 95.0 Å². The minimum Gasteiger partial charge on any atom is -0.383 e. The highest BCUT2D eigenvalue weighted by Gasteiger charge is 2.21.